The molecule has 0 heterocycles. The Labute approximate surface area is 118 Å². The van der Waals surface area contributed by atoms with Gasteiger partial charge in [-0.3, -0.25) is 0 Å². The van der Waals surface area contributed by atoms with Crippen molar-refractivity contribution >= 4 is 15.9 Å². The molecule has 0 saturated heterocycles. The number of hydrogen-bond acceptors (Lipinski definition) is 2. The summed E-state index contributed by atoms with van der Waals surface area (Å²) in [4.78, 5) is 0. The summed E-state index contributed by atoms with van der Waals surface area (Å²) in [5.41, 5.74) is 6.20. The molecule has 0 aromatic heterocycles. The summed E-state index contributed by atoms with van der Waals surface area (Å²) in [6, 6.07) is 8.65. The third-order valence-electron chi connectivity index (χ3n) is 2.49. The zero-order valence-corrected chi connectivity index (χ0v) is 11.6. The molecular formula is C14H12BrF2NO. The predicted octanol–water partition coefficient (Wildman–Crippen LogP) is 4.02. The fourth-order valence-electron chi connectivity index (χ4n) is 1.67. The fourth-order valence-corrected chi connectivity index (χ4v) is 2.02. The van der Waals surface area contributed by atoms with E-state index in [2.05, 4.69) is 15.9 Å². The van der Waals surface area contributed by atoms with E-state index in [-0.39, 0.29) is 11.6 Å². The van der Waals surface area contributed by atoms with Gasteiger partial charge in [0.1, 0.15) is 23.1 Å². The van der Waals surface area contributed by atoms with Gasteiger partial charge in [0.15, 0.2) is 0 Å². The highest BCUT2D eigenvalue weighted by Crippen LogP contribution is 2.27. The van der Waals surface area contributed by atoms with Crippen molar-refractivity contribution in [1.82, 2.24) is 0 Å². The van der Waals surface area contributed by atoms with Crippen molar-refractivity contribution in [3.63, 3.8) is 0 Å². The first kappa shape index (κ1) is 14.0. The van der Waals surface area contributed by atoms with Crippen LogP contribution in [0.1, 0.15) is 5.56 Å². The Bertz CT molecular complexity index is 590. The van der Waals surface area contributed by atoms with Crippen molar-refractivity contribution in [1.29, 1.82) is 0 Å². The smallest absolute Gasteiger partial charge is 0.137 e. The molecule has 0 amide bonds. The molecule has 2 nitrogen and oxygen atoms in total. The second-order valence-corrected chi connectivity index (χ2v) is 4.87. The Morgan fingerprint density at radius 2 is 1.84 bits per heavy atom. The standard InChI is InChI=1S/C14H12BrF2NO/c15-13-8-11(1-2-14(13)17)19-12-6-9(3-4-18)5-10(16)7-12/h1-2,5-8H,3-4,18H2. The lowest BCUT2D eigenvalue weighted by Crippen LogP contribution is -2.03. The van der Waals surface area contributed by atoms with E-state index in [1.807, 2.05) is 0 Å². The van der Waals surface area contributed by atoms with Gasteiger partial charge < -0.3 is 10.5 Å². The van der Waals surface area contributed by atoms with E-state index in [0.717, 1.165) is 5.56 Å². The van der Waals surface area contributed by atoms with Crippen molar-refractivity contribution in [3.8, 4) is 11.5 Å². The van der Waals surface area contributed by atoms with E-state index in [4.69, 9.17) is 10.5 Å². The van der Waals surface area contributed by atoms with Crippen LogP contribution in [0.25, 0.3) is 0 Å². The van der Waals surface area contributed by atoms with Crippen LogP contribution < -0.4 is 10.5 Å². The molecule has 0 atom stereocenters. The molecule has 0 spiro atoms. The molecule has 2 rings (SSSR count). The van der Waals surface area contributed by atoms with Gasteiger partial charge in [-0.15, -0.1) is 0 Å². The van der Waals surface area contributed by atoms with Crippen LogP contribution in [-0.4, -0.2) is 6.54 Å². The maximum absolute atomic E-state index is 13.4. The van der Waals surface area contributed by atoms with Gasteiger partial charge in [0.05, 0.1) is 4.47 Å². The van der Waals surface area contributed by atoms with Crippen LogP contribution in [-0.2, 0) is 6.42 Å². The number of ether oxygens (including phenoxy) is 1. The second kappa shape index (κ2) is 6.12. The van der Waals surface area contributed by atoms with Crippen LogP contribution in [0, 0.1) is 11.6 Å². The Hall–Kier alpha value is -1.46. The van der Waals surface area contributed by atoms with Gasteiger partial charge in [-0.1, -0.05) is 0 Å². The molecule has 0 unspecified atom stereocenters. The normalized spacial score (nSPS) is 10.5. The minimum atomic E-state index is -0.387. The summed E-state index contributed by atoms with van der Waals surface area (Å²) in [6.45, 7) is 0.436. The van der Waals surface area contributed by atoms with Gasteiger partial charge >= 0.3 is 0 Å². The first-order chi connectivity index (χ1) is 9.08. The molecule has 5 heteroatoms. The number of hydrogen-bond donors (Lipinski definition) is 1. The summed E-state index contributed by atoms with van der Waals surface area (Å²) in [6.07, 6.45) is 0.571. The molecule has 0 aliphatic carbocycles. The topological polar surface area (TPSA) is 35.2 Å². The summed E-state index contributed by atoms with van der Waals surface area (Å²) >= 11 is 3.07. The minimum absolute atomic E-state index is 0.295. The first-order valence-electron chi connectivity index (χ1n) is 5.71. The van der Waals surface area contributed by atoms with Gasteiger partial charge in [0.2, 0.25) is 0 Å². The number of rotatable bonds is 4. The average molecular weight is 328 g/mol. The zero-order valence-electron chi connectivity index (χ0n) is 10.00. The number of nitrogens with two attached hydrogens (primary N) is 1. The lowest BCUT2D eigenvalue weighted by Gasteiger charge is -2.08. The molecule has 0 fully saturated rings. The van der Waals surface area contributed by atoms with Crippen LogP contribution in [0.2, 0.25) is 0 Å². The Morgan fingerprint density at radius 3 is 2.53 bits per heavy atom. The van der Waals surface area contributed by atoms with Crippen molar-refractivity contribution in [2.75, 3.05) is 6.54 Å². The molecule has 2 aromatic carbocycles. The van der Waals surface area contributed by atoms with Crippen LogP contribution in [0.5, 0.6) is 11.5 Å². The quantitative estimate of drug-likeness (QED) is 0.920. The van der Waals surface area contributed by atoms with E-state index in [1.54, 1.807) is 6.07 Å². The Balaban J connectivity index is 2.24. The lowest BCUT2D eigenvalue weighted by atomic mass is 10.1. The minimum Gasteiger partial charge on any atom is -0.457 e. The van der Waals surface area contributed by atoms with Crippen LogP contribution in [0.15, 0.2) is 40.9 Å². The largest absolute Gasteiger partial charge is 0.457 e. The predicted molar refractivity (Wildman–Crippen MR) is 73.3 cm³/mol. The maximum atomic E-state index is 13.4. The number of benzene rings is 2. The molecule has 0 aliphatic heterocycles. The first-order valence-corrected chi connectivity index (χ1v) is 6.50. The molecule has 0 bridgehead atoms. The molecule has 2 N–H and O–H groups in total. The van der Waals surface area contributed by atoms with E-state index in [1.165, 1.54) is 30.3 Å². The van der Waals surface area contributed by atoms with E-state index < -0.39 is 0 Å². The van der Waals surface area contributed by atoms with Gasteiger partial charge in [-0.2, -0.15) is 0 Å². The molecule has 19 heavy (non-hydrogen) atoms. The SMILES string of the molecule is NCCc1cc(F)cc(Oc2ccc(F)c(Br)c2)c1. The van der Waals surface area contributed by atoms with Crippen molar-refractivity contribution in [3.05, 3.63) is 58.1 Å². The second-order valence-electron chi connectivity index (χ2n) is 4.01. The Morgan fingerprint density at radius 1 is 1.05 bits per heavy atom. The van der Waals surface area contributed by atoms with Gasteiger partial charge in [0, 0.05) is 6.07 Å². The molecule has 0 radical (unpaired) electrons. The summed E-state index contributed by atoms with van der Waals surface area (Å²) in [5.74, 6) is 0.0251. The fraction of sp³-hybridized carbons (Fsp3) is 0.143. The number of halogens is 3. The van der Waals surface area contributed by atoms with E-state index >= 15 is 0 Å². The van der Waals surface area contributed by atoms with Crippen LogP contribution in [0.3, 0.4) is 0 Å². The van der Waals surface area contributed by atoms with Gasteiger partial charge in [-0.25, -0.2) is 8.78 Å². The van der Waals surface area contributed by atoms with Gasteiger partial charge in [-0.05, 0) is 64.8 Å². The molecular weight excluding hydrogens is 316 g/mol. The third kappa shape index (κ3) is 3.75. The maximum Gasteiger partial charge on any atom is 0.137 e. The van der Waals surface area contributed by atoms with E-state index in [9.17, 15) is 8.78 Å². The third-order valence-corrected chi connectivity index (χ3v) is 3.10. The molecule has 2 aromatic rings. The highest BCUT2D eigenvalue weighted by molar-refractivity contribution is 9.10. The molecule has 0 aliphatic rings. The van der Waals surface area contributed by atoms with Gasteiger partial charge in [0.25, 0.3) is 0 Å². The van der Waals surface area contributed by atoms with Crippen molar-refractivity contribution in [2.24, 2.45) is 5.73 Å². The highest BCUT2D eigenvalue weighted by Gasteiger charge is 2.05. The summed E-state index contributed by atoms with van der Waals surface area (Å²) in [7, 11) is 0. The van der Waals surface area contributed by atoms with Crippen LogP contribution in [0.4, 0.5) is 8.78 Å². The van der Waals surface area contributed by atoms with Crippen molar-refractivity contribution < 1.29 is 13.5 Å². The molecule has 0 saturated carbocycles. The summed E-state index contributed by atoms with van der Waals surface area (Å²) in [5, 5.41) is 0. The van der Waals surface area contributed by atoms with Crippen LogP contribution >= 0.6 is 15.9 Å². The Kier molecular flexibility index (Phi) is 4.50. The molecule has 100 valence electrons. The highest BCUT2D eigenvalue weighted by atomic mass is 79.9. The van der Waals surface area contributed by atoms with Crippen molar-refractivity contribution in [2.45, 2.75) is 6.42 Å². The average Bonchev–Trinajstić information content (AvgIpc) is 2.33. The summed E-state index contributed by atoms with van der Waals surface area (Å²) < 4.78 is 32.3. The van der Waals surface area contributed by atoms with E-state index in [0.29, 0.717) is 28.9 Å². The zero-order chi connectivity index (χ0) is 13.8. The lowest BCUT2D eigenvalue weighted by molar-refractivity contribution is 0.473. The monoisotopic (exact) mass is 327 g/mol.